The molecule has 0 atom stereocenters. The van der Waals surface area contributed by atoms with Crippen LogP contribution in [0.3, 0.4) is 0 Å². The molecular formula is C10H17N4O2+. The Balaban J connectivity index is 1.82. The van der Waals surface area contributed by atoms with E-state index in [-0.39, 0.29) is 5.91 Å². The lowest BCUT2D eigenvalue weighted by Gasteiger charge is -2.22. The third-order valence-corrected chi connectivity index (χ3v) is 2.88. The number of rotatable bonds is 3. The fourth-order valence-electron chi connectivity index (χ4n) is 1.98. The molecule has 2 rings (SSSR count). The minimum atomic E-state index is -0.0179. The van der Waals surface area contributed by atoms with Crippen molar-refractivity contribution in [2.75, 3.05) is 25.0 Å². The largest absolute Gasteiger partial charge is 0.327 e. The zero-order valence-electron chi connectivity index (χ0n) is 9.45. The van der Waals surface area contributed by atoms with Crippen LogP contribution in [-0.4, -0.2) is 35.9 Å². The van der Waals surface area contributed by atoms with Gasteiger partial charge in [0.2, 0.25) is 5.82 Å². The minimum absolute atomic E-state index is 0.0179. The van der Waals surface area contributed by atoms with Gasteiger partial charge in [-0.2, -0.15) is 0 Å². The Kier molecular flexibility index (Phi) is 3.51. The van der Waals surface area contributed by atoms with Gasteiger partial charge in [-0.15, -0.1) is 0 Å². The van der Waals surface area contributed by atoms with Gasteiger partial charge in [0.05, 0.1) is 13.1 Å². The lowest BCUT2D eigenvalue weighted by Crippen LogP contribution is -3.13. The molecule has 2 N–H and O–H groups in total. The fraction of sp³-hybridized carbons (Fsp3) is 0.700. The van der Waals surface area contributed by atoms with Gasteiger partial charge in [-0.1, -0.05) is 5.16 Å². The molecular weight excluding hydrogens is 208 g/mol. The van der Waals surface area contributed by atoms with Gasteiger partial charge in [-0.05, 0) is 31.3 Å². The van der Waals surface area contributed by atoms with Gasteiger partial charge in [-0.3, -0.25) is 4.79 Å². The standard InChI is InChI=1S/C10H16N4O2/c1-8-10(13-16-12-8)11-9(15)7-14-5-3-2-4-6-14/h2-7H2,1H3,(H,11,13,15)/p+1. The van der Waals surface area contributed by atoms with E-state index >= 15 is 0 Å². The molecule has 0 spiro atoms. The van der Waals surface area contributed by atoms with E-state index in [0.29, 0.717) is 18.1 Å². The van der Waals surface area contributed by atoms with E-state index < -0.39 is 0 Å². The zero-order chi connectivity index (χ0) is 11.4. The maximum Gasteiger partial charge on any atom is 0.280 e. The van der Waals surface area contributed by atoms with Gasteiger partial charge >= 0.3 is 0 Å². The molecule has 0 radical (unpaired) electrons. The summed E-state index contributed by atoms with van der Waals surface area (Å²) in [4.78, 5) is 13.0. The normalized spacial score (nSPS) is 17.3. The Morgan fingerprint density at radius 2 is 2.12 bits per heavy atom. The lowest BCUT2D eigenvalue weighted by molar-refractivity contribution is -0.896. The number of carbonyl (C=O) groups excluding carboxylic acids is 1. The molecule has 6 nitrogen and oxygen atoms in total. The smallest absolute Gasteiger partial charge is 0.280 e. The van der Waals surface area contributed by atoms with Gasteiger partial charge in [0.25, 0.3) is 5.91 Å². The Hall–Kier alpha value is -1.43. The highest BCUT2D eigenvalue weighted by molar-refractivity contribution is 5.90. The van der Waals surface area contributed by atoms with E-state index in [9.17, 15) is 4.79 Å². The van der Waals surface area contributed by atoms with Crippen molar-refractivity contribution >= 4 is 11.7 Å². The molecule has 88 valence electrons. The molecule has 16 heavy (non-hydrogen) atoms. The number of anilines is 1. The topological polar surface area (TPSA) is 72.5 Å². The second-order valence-electron chi connectivity index (χ2n) is 4.23. The Bertz CT molecular complexity index is 357. The van der Waals surface area contributed by atoms with Gasteiger partial charge in [0.1, 0.15) is 5.69 Å². The molecule has 1 amide bonds. The van der Waals surface area contributed by atoms with Gasteiger partial charge in [0.15, 0.2) is 6.54 Å². The molecule has 1 fully saturated rings. The lowest BCUT2D eigenvalue weighted by atomic mass is 10.1. The van der Waals surface area contributed by atoms with Crippen molar-refractivity contribution in [2.24, 2.45) is 0 Å². The minimum Gasteiger partial charge on any atom is -0.327 e. The molecule has 6 heteroatoms. The van der Waals surface area contributed by atoms with Crippen molar-refractivity contribution in [2.45, 2.75) is 26.2 Å². The molecule has 1 aromatic heterocycles. The van der Waals surface area contributed by atoms with E-state index in [1.165, 1.54) is 24.2 Å². The monoisotopic (exact) mass is 225 g/mol. The number of aromatic nitrogens is 2. The molecule has 0 aliphatic carbocycles. The van der Waals surface area contributed by atoms with Crippen molar-refractivity contribution in [3.8, 4) is 0 Å². The van der Waals surface area contributed by atoms with Crippen LogP contribution in [0.15, 0.2) is 4.63 Å². The summed E-state index contributed by atoms with van der Waals surface area (Å²) < 4.78 is 4.51. The summed E-state index contributed by atoms with van der Waals surface area (Å²) in [5.41, 5.74) is 0.613. The SMILES string of the molecule is Cc1nonc1NC(=O)C[NH+]1CCCCC1. The highest BCUT2D eigenvalue weighted by Gasteiger charge is 2.18. The Morgan fingerprint density at radius 3 is 2.75 bits per heavy atom. The summed E-state index contributed by atoms with van der Waals surface area (Å²) in [6, 6.07) is 0. The van der Waals surface area contributed by atoms with Crippen LogP contribution in [0.5, 0.6) is 0 Å². The number of carbonyl (C=O) groups is 1. The predicted octanol–water partition coefficient (Wildman–Crippen LogP) is -0.615. The third-order valence-electron chi connectivity index (χ3n) is 2.88. The highest BCUT2D eigenvalue weighted by Crippen LogP contribution is 2.05. The molecule has 0 saturated carbocycles. The summed E-state index contributed by atoms with van der Waals surface area (Å²) >= 11 is 0. The predicted molar refractivity (Wildman–Crippen MR) is 57.1 cm³/mol. The first-order valence-electron chi connectivity index (χ1n) is 5.68. The molecule has 1 saturated heterocycles. The average Bonchev–Trinajstić information content (AvgIpc) is 2.66. The van der Waals surface area contributed by atoms with Gasteiger partial charge < -0.3 is 10.2 Å². The van der Waals surface area contributed by atoms with Crippen LogP contribution in [0, 0.1) is 6.92 Å². The van der Waals surface area contributed by atoms with Gasteiger partial charge in [-0.25, -0.2) is 4.63 Å². The highest BCUT2D eigenvalue weighted by atomic mass is 16.6. The summed E-state index contributed by atoms with van der Waals surface area (Å²) in [5.74, 6) is 0.414. The van der Waals surface area contributed by atoms with Crippen LogP contribution in [0.1, 0.15) is 25.0 Å². The molecule has 1 aliphatic rings. The molecule has 2 heterocycles. The van der Waals surface area contributed by atoms with Crippen molar-refractivity contribution < 1.29 is 14.3 Å². The molecule has 0 aromatic carbocycles. The number of quaternary nitrogens is 1. The van der Waals surface area contributed by atoms with Crippen LogP contribution in [0.4, 0.5) is 5.82 Å². The van der Waals surface area contributed by atoms with E-state index in [2.05, 4.69) is 20.3 Å². The maximum absolute atomic E-state index is 11.7. The number of nitrogens with zero attached hydrogens (tertiary/aromatic N) is 2. The molecule has 0 bridgehead atoms. The first-order chi connectivity index (χ1) is 7.75. The van der Waals surface area contributed by atoms with Crippen LogP contribution in [0.25, 0.3) is 0 Å². The number of piperidine rings is 1. The number of likely N-dealkylation sites (tertiary alicyclic amines) is 1. The average molecular weight is 225 g/mol. The Morgan fingerprint density at radius 1 is 1.38 bits per heavy atom. The van der Waals surface area contributed by atoms with Gasteiger partial charge in [0, 0.05) is 0 Å². The first kappa shape index (κ1) is 11.1. The number of hydrogen-bond acceptors (Lipinski definition) is 4. The number of hydrogen-bond donors (Lipinski definition) is 2. The molecule has 1 aliphatic heterocycles. The molecule has 0 unspecified atom stereocenters. The zero-order valence-corrected chi connectivity index (χ0v) is 9.45. The van der Waals surface area contributed by atoms with E-state index in [1.54, 1.807) is 6.92 Å². The van der Waals surface area contributed by atoms with Crippen molar-refractivity contribution in [3.05, 3.63) is 5.69 Å². The second-order valence-corrected chi connectivity index (χ2v) is 4.23. The van der Waals surface area contributed by atoms with E-state index in [0.717, 1.165) is 13.1 Å². The third kappa shape index (κ3) is 2.79. The van der Waals surface area contributed by atoms with Crippen LogP contribution >= 0.6 is 0 Å². The quantitative estimate of drug-likeness (QED) is 0.719. The fourth-order valence-corrected chi connectivity index (χ4v) is 1.98. The van der Waals surface area contributed by atoms with Crippen molar-refractivity contribution in [3.63, 3.8) is 0 Å². The maximum atomic E-state index is 11.7. The number of amides is 1. The van der Waals surface area contributed by atoms with Crippen LogP contribution in [-0.2, 0) is 4.79 Å². The molecule has 1 aromatic rings. The summed E-state index contributed by atoms with van der Waals surface area (Å²) in [7, 11) is 0. The van der Waals surface area contributed by atoms with Crippen molar-refractivity contribution in [1.82, 2.24) is 10.3 Å². The number of nitrogens with one attached hydrogen (secondary N) is 2. The van der Waals surface area contributed by atoms with Crippen molar-refractivity contribution in [1.29, 1.82) is 0 Å². The van der Waals surface area contributed by atoms with E-state index in [1.807, 2.05) is 0 Å². The summed E-state index contributed by atoms with van der Waals surface area (Å²) in [6.45, 7) is 4.43. The van der Waals surface area contributed by atoms with Crippen LogP contribution in [0.2, 0.25) is 0 Å². The Labute approximate surface area is 94.0 Å². The number of aryl methyl sites for hydroxylation is 1. The van der Waals surface area contributed by atoms with Crippen LogP contribution < -0.4 is 10.2 Å². The second kappa shape index (κ2) is 5.07. The summed E-state index contributed by atoms with van der Waals surface area (Å²) in [5, 5.41) is 9.94. The summed E-state index contributed by atoms with van der Waals surface area (Å²) in [6.07, 6.45) is 3.72. The first-order valence-corrected chi connectivity index (χ1v) is 5.68. The van der Waals surface area contributed by atoms with E-state index in [4.69, 9.17) is 0 Å².